The highest BCUT2D eigenvalue weighted by Crippen LogP contribution is 2.44. The highest BCUT2D eigenvalue weighted by Gasteiger charge is 2.25. The lowest BCUT2D eigenvalue weighted by Crippen LogP contribution is -2.33. The molecule has 4 nitrogen and oxygen atoms in total. The molecule has 0 N–H and O–H groups in total. The third-order valence-electron chi connectivity index (χ3n) is 4.71. The molecule has 0 saturated heterocycles. The van der Waals surface area contributed by atoms with Gasteiger partial charge in [-0.3, -0.25) is 9.36 Å². The molecule has 0 fully saturated rings. The Bertz CT molecular complexity index is 1060. The molecule has 26 heavy (non-hydrogen) atoms. The fourth-order valence-electron chi connectivity index (χ4n) is 3.28. The molecule has 1 aromatic carbocycles. The number of fused-ring (bicyclic) bond motifs is 1. The van der Waals surface area contributed by atoms with E-state index in [0.717, 1.165) is 33.1 Å². The molecule has 7 heteroatoms. The van der Waals surface area contributed by atoms with Crippen LogP contribution in [0, 0.1) is 0 Å². The first-order chi connectivity index (χ1) is 12.6. The molecule has 0 unspecified atom stereocenters. The number of para-hydroxylation sites is 1. The van der Waals surface area contributed by atoms with Crippen molar-refractivity contribution in [2.45, 2.75) is 25.3 Å². The van der Waals surface area contributed by atoms with Crippen LogP contribution in [0.15, 0.2) is 34.0 Å². The normalized spacial score (nSPS) is 19.7. The predicted molar refractivity (Wildman–Crippen MR) is 115 cm³/mol. The number of anilines is 1. The average Bonchev–Trinajstić information content (AvgIpc) is 3.32. The Labute approximate surface area is 165 Å². The highest BCUT2D eigenvalue weighted by molar-refractivity contribution is 8.14. The Morgan fingerprint density at radius 3 is 2.81 bits per heavy atom. The maximum atomic E-state index is 13.1. The standard InChI is InChI=1S/C19H22N3OS3/c1-4-21-10-11-24-15(21)12-16-22(5-2)18(23)17(26-16)19-20(3)13-8-6-7-9-14(13)25-19/h6-9,12H,4-5,10-11H2,1-3H3/q+1/b19-17-. The van der Waals surface area contributed by atoms with Crippen molar-refractivity contribution >= 4 is 56.7 Å². The van der Waals surface area contributed by atoms with Crippen molar-refractivity contribution in [1.82, 2.24) is 4.57 Å². The van der Waals surface area contributed by atoms with Crippen LogP contribution in [0.1, 0.15) is 13.8 Å². The van der Waals surface area contributed by atoms with E-state index in [2.05, 4.69) is 34.6 Å². The van der Waals surface area contributed by atoms with Gasteiger partial charge in [0, 0.05) is 18.5 Å². The van der Waals surface area contributed by atoms with E-state index < -0.39 is 0 Å². The third-order valence-corrected chi connectivity index (χ3v) is 8.26. The van der Waals surface area contributed by atoms with Gasteiger partial charge in [-0.25, -0.2) is 4.58 Å². The van der Waals surface area contributed by atoms with Crippen LogP contribution in [0.5, 0.6) is 0 Å². The van der Waals surface area contributed by atoms with Gasteiger partial charge in [0.2, 0.25) is 5.04 Å². The maximum absolute atomic E-state index is 13.1. The second-order valence-corrected chi connectivity index (χ2v) is 9.34. The lowest BCUT2D eigenvalue weighted by molar-refractivity contribution is -0.512. The van der Waals surface area contributed by atoms with E-state index in [4.69, 9.17) is 0 Å². The predicted octanol–water partition coefficient (Wildman–Crippen LogP) is 2.20. The number of hydrogen-bond donors (Lipinski definition) is 0. The Hall–Kier alpha value is -1.44. The van der Waals surface area contributed by atoms with Crippen LogP contribution >= 0.6 is 34.9 Å². The second-order valence-electron chi connectivity index (χ2n) is 6.16. The van der Waals surface area contributed by atoms with Gasteiger partial charge in [0.25, 0.3) is 5.56 Å². The number of thiazole rings is 1. The number of rotatable bonds is 3. The minimum Gasteiger partial charge on any atom is -0.337 e. The SMILES string of the molecule is CCn1c(=CC2=[N+](CC)CCS2)s/c(=C2\Sc3ccccc3N2C)c1=O. The van der Waals surface area contributed by atoms with E-state index in [1.165, 1.54) is 15.6 Å². The monoisotopic (exact) mass is 404 g/mol. The maximum Gasteiger partial charge on any atom is 0.271 e. The lowest BCUT2D eigenvalue weighted by atomic mass is 10.3. The molecule has 0 spiro atoms. The van der Waals surface area contributed by atoms with Crippen molar-refractivity contribution in [1.29, 1.82) is 0 Å². The molecule has 2 aliphatic heterocycles. The van der Waals surface area contributed by atoms with Crippen molar-refractivity contribution in [3.8, 4) is 0 Å². The van der Waals surface area contributed by atoms with E-state index in [0.29, 0.717) is 6.54 Å². The first-order valence-corrected chi connectivity index (χ1v) is 11.5. The summed E-state index contributed by atoms with van der Waals surface area (Å²) in [7, 11) is 2.05. The molecule has 2 aromatic rings. The van der Waals surface area contributed by atoms with Gasteiger partial charge in [-0.15, -0.1) is 11.3 Å². The minimum absolute atomic E-state index is 0.123. The number of aromatic nitrogens is 1. The smallest absolute Gasteiger partial charge is 0.271 e. The zero-order valence-electron chi connectivity index (χ0n) is 15.2. The van der Waals surface area contributed by atoms with Crippen LogP contribution in [0.4, 0.5) is 5.69 Å². The van der Waals surface area contributed by atoms with Crippen LogP contribution < -0.4 is 19.7 Å². The summed E-state index contributed by atoms with van der Waals surface area (Å²) in [6.45, 7) is 7.03. The van der Waals surface area contributed by atoms with Crippen LogP contribution in [0.2, 0.25) is 0 Å². The van der Waals surface area contributed by atoms with Crippen molar-refractivity contribution < 1.29 is 4.58 Å². The van der Waals surface area contributed by atoms with Gasteiger partial charge in [-0.1, -0.05) is 35.7 Å². The summed E-state index contributed by atoms with van der Waals surface area (Å²) < 4.78 is 6.18. The van der Waals surface area contributed by atoms with Crippen molar-refractivity contribution in [2.24, 2.45) is 0 Å². The summed E-state index contributed by atoms with van der Waals surface area (Å²) in [5.74, 6) is 1.12. The second kappa shape index (κ2) is 7.29. The van der Waals surface area contributed by atoms with Crippen LogP contribution in [0.25, 0.3) is 11.1 Å². The van der Waals surface area contributed by atoms with Gasteiger partial charge >= 0.3 is 0 Å². The molecule has 4 rings (SSSR count). The number of thioether (sulfide) groups is 2. The first kappa shape index (κ1) is 17.9. The fraction of sp³-hybridized carbons (Fsp3) is 0.368. The Kier molecular flexibility index (Phi) is 5.03. The van der Waals surface area contributed by atoms with E-state index in [1.807, 2.05) is 42.4 Å². The molecule has 0 aliphatic carbocycles. The van der Waals surface area contributed by atoms with E-state index in [1.54, 1.807) is 23.1 Å². The first-order valence-electron chi connectivity index (χ1n) is 8.85. The third kappa shape index (κ3) is 2.96. The van der Waals surface area contributed by atoms with Crippen molar-refractivity contribution in [2.75, 3.05) is 30.8 Å². The molecule has 0 bridgehead atoms. The molecule has 2 aliphatic rings. The van der Waals surface area contributed by atoms with Gasteiger partial charge in [0.15, 0.2) is 6.54 Å². The number of nitrogens with zero attached hydrogens (tertiary/aromatic N) is 3. The lowest BCUT2D eigenvalue weighted by Gasteiger charge is -2.11. The number of benzene rings is 1. The molecule has 3 heterocycles. The Morgan fingerprint density at radius 2 is 2.08 bits per heavy atom. The average molecular weight is 405 g/mol. The van der Waals surface area contributed by atoms with Gasteiger partial charge in [0.05, 0.1) is 17.5 Å². The minimum atomic E-state index is 0.123. The quantitative estimate of drug-likeness (QED) is 0.734. The Balaban J connectivity index is 1.91. The molecule has 0 radical (unpaired) electrons. The van der Waals surface area contributed by atoms with Crippen molar-refractivity contribution in [3.63, 3.8) is 0 Å². The summed E-state index contributed by atoms with van der Waals surface area (Å²) in [6.07, 6.45) is 2.20. The van der Waals surface area contributed by atoms with Crippen LogP contribution in [-0.4, -0.2) is 40.1 Å². The van der Waals surface area contributed by atoms with E-state index >= 15 is 0 Å². The molecular formula is C19H22N3OS3+. The summed E-state index contributed by atoms with van der Waals surface area (Å²) in [5, 5.41) is 2.32. The van der Waals surface area contributed by atoms with Gasteiger partial charge < -0.3 is 4.90 Å². The van der Waals surface area contributed by atoms with Gasteiger partial charge in [0.1, 0.15) is 20.8 Å². The summed E-state index contributed by atoms with van der Waals surface area (Å²) in [5.41, 5.74) is 1.30. The molecule has 0 atom stereocenters. The topological polar surface area (TPSA) is 28.2 Å². The zero-order valence-corrected chi connectivity index (χ0v) is 17.6. The molecule has 0 amide bonds. The van der Waals surface area contributed by atoms with E-state index in [-0.39, 0.29) is 5.56 Å². The van der Waals surface area contributed by atoms with Gasteiger partial charge in [-0.2, -0.15) is 0 Å². The summed E-state index contributed by atoms with van der Waals surface area (Å²) in [4.78, 5) is 16.5. The van der Waals surface area contributed by atoms with E-state index in [9.17, 15) is 4.79 Å². The molecule has 0 saturated carbocycles. The fourth-order valence-corrected chi connectivity index (χ4v) is 6.93. The molecule has 136 valence electrons. The molecular weight excluding hydrogens is 382 g/mol. The highest BCUT2D eigenvalue weighted by atomic mass is 32.2. The van der Waals surface area contributed by atoms with Gasteiger partial charge in [-0.05, 0) is 26.0 Å². The zero-order chi connectivity index (χ0) is 18.3. The van der Waals surface area contributed by atoms with Crippen molar-refractivity contribution in [3.05, 3.63) is 43.8 Å². The largest absolute Gasteiger partial charge is 0.337 e. The summed E-state index contributed by atoms with van der Waals surface area (Å²) >= 11 is 5.19. The number of hydrogen-bond acceptors (Lipinski definition) is 5. The van der Waals surface area contributed by atoms with Crippen LogP contribution in [-0.2, 0) is 6.54 Å². The Morgan fingerprint density at radius 1 is 1.27 bits per heavy atom. The van der Waals surface area contributed by atoms with Crippen LogP contribution in [0.3, 0.4) is 0 Å². The molecule has 1 aromatic heterocycles. The summed E-state index contributed by atoms with van der Waals surface area (Å²) in [6, 6.07) is 8.32.